The number of nitro benzene ring substituents is 1. The molecule has 2 aromatic rings. The Morgan fingerprint density at radius 2 is 2.12 bits per heavy atom. The predicted octanol–water partition coefficient (Wildman–Crippen LogP) is 1.21. The lowest BCUT2D eigenvalue weighted by Gasteiger charge is -2.32. The lowest BCUT2D eigenvalue weighted by Crippen LogP contribution is -3.13. The Morgan fingerprint density at radius 1 is 1.36 bits per heavy atom. The van der Waals surface area contributed by atoms with E-state index in [2.05, 4.69) is 11.4 Å². The molecule has 7 nitrogen and oxygen atoms in total. The number of hydrogen-bond acceptors (Lipinski definition) is 5. The molecule has 0 aliphatic carbocycles. The van der Waals surface area contributed by atoms with E-state index in [4.69, 9.17) is 4.74 Å². The van der Waals surface area contributed by atoms with E-state index in [0.29, 0.717) is 18.8 Å². The zero-order chi connectivity index (χ0) is 17.8. The molecule has 1 fully saturated rings. The van der Waals surface area contributed by atoms with E-state index in [1.165, 1.54) is 35.1 Å². The third-order valence-corrected chi connectivity index (χ3v) is 5.26. The molecular formula is C17H20N3O4S+. The van der Waals surface area contributed by atoms with Gasteiger partial charge in [-0.1, -0.05) is 6.07 Å². The average molecular weight is 362 g/mol. The number of benzene rings is 1. The van der Waals surface area contributed by atoms with Crippen LogP contribution in [0, 0.1) is 10.1 Å². The van der Waals surface area contributed by atoms with Crippen LogP contribution < -0.4 is 9.64 Å². The molecule has 0 bridgehead atoms. The van der Waals surface area contributed by atoms with Crippen molar-refractivity contribution in [2.24, 2.45) is 0 Å². The van der Waals surface area contributed by atoms with Crippen LogP contribution in [0.3, 0.4) is 0 Å². The highest BCUT2D eigenvalue weighted by atomic mass is 32.1. The van der Waals surface area contributed by atoms with E-state index in [0.717, 1.165) is 19.6 Å². The first-order chi connectivity index (χ1) is 12.1. The molecule has 1 saturated heterocycles. The standard InChI is InChI=1S/C17H19N3O4S/c1-24-16-5-4-13(20(22)23)11-15(16)17(21)19-8-6-18(7-9-19)12-14-3-2-10-25-14/h2-5,10-11H,6-9,12H2,1H3/p+1. The van der Waals surface area contributed by atoms with Crippen LogP contribution in [-0.4, -0.2) is 49.0 Å². The van der Waals surface area contributed by atoms with Crippen LogP contribution in [0.15, 0.2) is 35.7 Å². The molecule has 1 aliphatic rings. The molecule has 1 aliphatic heterocycles. The van der Waals surface area contributed by atoms with Gasteiger partial charge in [0.1, 0.15) is 12.3 Å². The van der Waals surface area contributed by atoms with Crippen LogP contribution in [0.4, 0.5) is 5.69 Å². The van der Waals surface area contributed by atoms with E-state index in [1.54, 1.807) is 16.2 Å². The third-order valence-electron chi connectivity index (χ3n) is 4.39. The first kappa shape index (κ1) is 17.4. The van der Waals surface area contributed by atoms with Gasteiger partial charge in [-0.25, -0.2) is 0 Å². The quantitative estimate of drug-likeness (QED) is 0.641. The Balaban J connectivity index is 1.68. The first-order valence-corrected chi connectivity index (χ1v) is 8.94. The van der Waals surface area contributed by atoms with Gasteiger partial charge >= 0.3 is 0 Å². The van der Waals surface area contributed by atoms with E-state index in [-0.39, 0.29) is 17.2 Å². The summed E-state index contributed by atoms with van der Waals surface area (Å²) in [4.78, 5) is 27.8. The predicted molar refractivity (Wildman–Crippen MR) is 94.3 cm³/mol. The second-order valence-corrected chi connectivity index (χ2v) is 6.97. The molecule has 1 N–H and O–H groups in total. The van der Waals surface area contributed by atoms with Crippen molar-refractivity contribution >= 4 is 22.9 Å². The molecule has 132 valence electrons. The zero-order valence-electron chi connectivity index (χ0n) is 13.9. The second-order valence-electron chi connectivity index (χ2n) is 5.94. The highest BCUT2D eigenvalue weighted by Gasteiger charge is 2.27. The number of hydrogen-bond donors (Lipinski definition) is 1. The van der Waals surface area contributed by atoms with Crippen molar-refractivity contribution in [1.82, 2.24) is 4.90 Å². The van der Waals surface area contributed by atoms with Gasteiger partial charge in [-0.05, 0) is 17.5 Å². The number of methoxy groups -OCH3 is 1. The molecule has 8 heteroatoms. The van der Waals surface area contributed by atoms with Crippen LogP contribution in [0.2, 0.25) is 0 Å². The van der Waals surface area contributed by atoms with Crippen LogP contribution in [-0.2, 0) is 6.54 Å². The van der Waals surface area contributed by atoms with E-state index >= 15 is 0 Å². The van der Waals surface area contributed by atoms with Crippen LogP contribution in [0.1, 0.15) is 15.2 Å². The third kappa shape index (κ3) is 3.97. The van der Waals surface area contributed by atoms with E-state index in [1.807, 2.05) is 6.07 Å². The normalized spacial score (nSPS) is 15.2. The van der Waals surface area contributed by atoms with Crippen molar-refractivity contribution in [2.75, 3.05) is 33.3 Å². The van der Waals surface area contributed by atoms with Crippen molar-refractivity contribution in [3.63, 3.8) is 0 Å². The highest BCUT2D eigenvalue weighted by molar-refractivity contribution is 7.09. The molecule has 25 heavy (non-hydrogen) atoms. The van der Waals surface area contributed by atoms with Crippen molar-refractivity contribution in [3.05, 3.63) is 56.3 Å². The summed E-state index contributed by atoms with van der Waals surface area (Å²) >= 11 is 1.75. The molecule has 0 spiro atoms. The summed E-state index contributed by atoms with van der Waals surface area (Å²) in [5.41, 5.74) is 0.143. The number of nitrogens with one attached hydrogen (secondary N) is 1. The average Bonchev–Trinajstić information content (AvgIpc) is 3.14. The van der Waals surface area contributed by atoms with Gasteiger partial charge < -0.3 is 14.5 Å². The number of amides is 1. The first-order valence-electron chi connectivity index (χ1n) is 8.06. The van der Waals surface area contributed by atoms with Gasteiger partial charge in [-0.15, -0.1) is 11.3 Å². The summed E-state index contributed by atoms with van der Waals surface area (Å²) < 4.78 is 5.21. The fraction of sp³-hybridized carbons (Fsp3) is 0.353. The summed E-state index contributed by atoms with van der Waals surface area (Å²) in [6.07, 6.45) is 0. The van der Waals surface area contributed by atoms with E-state index < -0.39 is 4.92 Å². The number of rotatable bonds is 5. The summed E-state index contributed by atoms with van der Waals surface area (Å²) in [5, 5.41) is 13.1. The number of carbonyl (C=O) groups is 1. The number of non-ortho nitro benzene ring substituents is 1. The largest absolute Gasteiger partial charge is 0.496 e. The fourth-order valence-electron chi connectivity index (χ4n) is 3.01. The molecule has 0 radical (unpaired) electrons. The van der Waals surface area contributed by atoms with Crippen molar-refractivity contribution in [3.8, 4) is 5.75 Å². The summed E-state index contributed by atoms with van der Waals surface area (Å²) in [6, 6.07) is 8.30. The Hall–Kier alpha value is -2.45. The van der Waals surface area contributed by atoms with Gasteiger partial charge in [0.05, 0.1) is 48.7 Å². The topological polar surface area (TPSA) is 77.1 Å². The lowest BCUT2D eigenvalue weighted by atomic mass is 10.1. The van der Waals surface area contributed by atoms with Crippen LogP contribution in [0.5, 0.6) is 5.75 Å². The summed E-state index contributed by atoms with van der Waals surface area (Å²) in [5.74, 6) is 0.152. The minimum atomic E-state index is -0.501. The molecule has 0 atom stereocenters. The lowest BCUT2D eigenvalue weighted by molar-refractivity contribution is -0.917. The number of carbonyl (C=O) groups excluding carboxylic acids is 1. The SMILES string of the molecule is COc1ccc([N+](=O)[O-])cc1C(=O)N1CC[NH+](Cc2cccs2)CC1. The van der Waals surface area contributed by atoms with Crippen molar-refractivity contribution in [1.29, 1.82) is 0 Å². The van der Waals surface area contributed by atoms with Gasteiger partial charge in [0.15, 0.2) is 0 Å². The summed E-state index contributed by atoms with van der Waals surface area (Å²) in [7, 11) is 1.46. The number of quaternary nitrogens is 1. The molecule has 0 saturated carbocycles. The molecule has 3 rings (SSSR count). The number of thiophene rings is 1. The smallest absolute Gasteiger partial charge is 0.270 e. The zero-order valence-corrected chi connectivity index (χ0v) is 14.8. The van der Waals surface area contributed by atoms with Gasteiger partial charge in [0.2, 0.25) is 0 Å². The molecule has 2 heterocycles. The Morgan fingerprint density at radius 3 is 2.72 bits per heavy atom. The number of nitro groups is 1. The molecule has 1 amide bonds. The van der Waals surface area contributed by atoms with Crippen LogP contribution >= 0.6 is 11.3 Å². The number of nitrogens with zero attached hydrogens (tertiary/aromatic N) is 2. The Labute approximate surface area is 149 Å². The molecular weight excluding hydrogens is 342 g/mol. The monoisotopic (exact) mass is 362 g/mol. The van der Waals surface area contributed by atoms with Crippen molar-refractivity contribution in [2.45, 2.75) is 6.54 Å². The minimum absolute atomic E-state index is 0.105. The van der Waals surface area contributed by atoms with Gasteiger partial charge in [0.25, 0.3) is 11.6 Å². The maximum absolute atomic E-state index is 12.8. The maximum atomic E-state index is 12.8. The van der Waals surface area contributed by atoms with Gasteiger partial charge in [0, 0.05) is 12.1 Å². The summed E-state index contributed by atoms with van der Waals surface area (Å²) in [6.45, 7) is 3.96. The molecule has 1 aromatic carbocycles. The van der Waals surface area contributed by atoms with Crippen LogP contribution in [0.25, 0.3) is 0 Å². The maximum Gasteiger partial charge on any atom is 0.270 e. The molecule has 1 aromatic heterocycles. The fourth-order valence-corrected chi connectivity index (χ4v) is 3.79. The van der Waals surface area contributed by atoms with Gasteiger partial charge in [-0.2, -0.15) is 0 Å². The highest BCUT2D eigenvalue weighted by Crippen LogP contribution is 2.25. The molecule has 0 unspecified atom stereocenters. The Bertz CT molecular complexity index is 755. The number of ether oxygens (including phenoxy) is 1. The van der Waals surface area contributed by atoms with E-state index in [9.17, 15) is 14.9 Å². The Kier molecular flexibility index (Phi) is 5.30. The minimum Gasteiger partial charge on any atom is -0.496 e. The van der Waals surface area contributed by atoms with Crippen molar-refractivity contribution < 1.29 is 19.4 Å². The van der Waals surface area contributed by atoms with Gasteiger partial charge in [-0.3, -0.25) is 14.9 Å². The number of piperazine rings is 1. The second kappa shape index (κ2) is 7.62.